The summed E-state index contributed by atoms with van der Waals surface area (Å²) in [6, 6.07) is 7.50. The summed E-state index contributed by atoms with van der Waals surface area (Å²) >= 11 is 0. The molecule has 0 fully saturated rings. The first-order valence-corrected chi connectivity index (χ1v) is 7.31. The van der Waals surface area contributed by atoms with E-state index in [1.54, 1.807) is 12.5 Å². The van der Waals surface area contributed by atoms with Gasteiger partial charge in [0.2, 0.25) is 0 Å². The van der Waals surface area contributed by atoms with Gasteiger partial charge in [0.05, 0.1) is 31.8 Å². The van der Waals surface area contributed by atoms with Gasteiger partial charge in [-0.15, -0.1) is 0 Å². The highest BCUT2D eigenvalue weighted by Gasteiger charge is 2.13. The summed E-state index contributed by atoms with van der Waals surface area (Å²) in [5.41, 5.74) is 0. The standard InChI is InChI=1S/C16H23NO4/c1-2-7-17(11-15-5-3-8-20-15)10-14(18)12-19-13-16-6-4-9-21-16/h3-6,8-9,14,18H,2,7,10-13H2,1H3/t14-/m0/s1. The number of rotatable bonds is 10. The van der Waals surface area contributed by atoms with Crippen LogP contribution in [0.1, 0.15) is 24.9 Å². The molecule has 5 nitrogen and oxygen atoms in total. The van der Waals surface area contributed by atoms with Crippen molar-refractivity contribution in [2.75, 3.05) is 19.7 Å². The predicted octanol–water partition coefficient (Wildman–Crippen LogP) is 2.66. The molecule has 0 spiro atoms. The molecule has 2 aromatic heterocycles. The number of hydrogen-bond donors (Lipinski definition) is 1. The van der Waals surface area contributed by atoms with Crippen LogP contribution in [0.25, 0.3) is 0 Å². The first kappa shape index (κ1) is 15.8. The maximum Gasteiger partial charge on any atom is 0.129 e. The Balaban J connectivity index is 1.71. The van der Waals surface area contributed by atoms with Crippen molar-refractivity contribution in [2.45, 2.75) is 32.6 Å². The Kier molecular flexibility index (Phi) is 6.53. The van der Waals surface area contributed by atoms with E-state index < -0.39 is 6.10 Å². The molecule has 0 amide bonds. The monoisotopic (exact) mass is 293 g/mol. The van der Waals surface area contributed by atoms with Gasteiger partial charge in [0.1, 0.15) is 18.1 Å². The zero-order valence-corrected chi connectivity index (χ0v) is 12.4. The molecule has 5 heteroatoms. The van der Waals surface area contributed by atoms with Gasteiger partial charge >= 0.3 is 0 Å². The highest BCUT2D eigenvalue weighted by atomic mass is 16.5. The van der Waals surface area contributed by atoms with Crippen LogP contribution in [0.15, 0.2) is 45.6 Å². The van der Waals surface area contributed by atoms with Gasteiger partial charge in [-0.05, 0) is 37.2 Å². The fourth-order valence-corrected chi connectivity index (χ4v) is 2.22. The second-order valence-corrected chi connectivity index (χ2v) is 5.06. The molecule has 0 saturated heterocycles. The molecule has 2 heterocycles. The highest BCUT2D eigenvalue weighted by Crippen LogP contribution is 2.08. The molecule has 21 heavy (non-hydrogen) atoms. The van der Waals surface area contributed by atoms with E-state index in [0.717, 1.165) is 24.5 Å². The predicted molar refractivity (Wildman–Crippen MR) is 78.6 cm³/mol. The zero-order chi connectivity index (χ0) is 14.9. The van der Waals surface area contributed by atoms with Gasteiger partial charge in [0.25, 0.3) is 0 Å². The topological polar surface area (TPSA) is 59.0 Å². The average Bonchev–Trinajstić information content (AvgIpc) is 3.12. The molecule has 1 N–H and O–H groups in total. The summed E-state index contributed by atoms with van der Waals surface area (Å²) in [6.07, 6.45) is 3.78. The average molecular weight is 293 g/mol. The van der Waals surface area contributed by atoms with Crippen LogP contribution in [-0.4, -0.2) is 35.8 Å². The second-order valence-electron chi connectivity index (χ2n) is 5.06. The third-order valence-corrected chi connectivity index (χ3v) is 3.10. The third-order valence-electron chi connectivity index (χ3n) is 3.10. The molecule has 0 aliphatic rings. The Labute approximate surface area is 125 Å². The molecule has 1 atom stereocenters. The van der Waals surface area contributed by atoms with E-state index in [0.29, 0.717) is 26.3 Å². The van der Waals surface area contributed by atoms with E-state index in [1.165, 1.54) is 0 Å². The Bertz CT molecular complexity index is 466. The van der Waals surface area contributed by atoms with Gasteiger partial charge in [-0.25, -0.2) is 0 Å². The molecule has 2 rings (SSSR count). The summed E-state index contributed by atoms with van der Waals surface area (Å²) in [7, 11) is 0. The maximum atomic E-state index is 10.1. The summed E-state index contributed by atoms with van der Waals surface area (Å²) < 4.78 is 16.0. The fraction of sp³-hybridized carbons (Fsp3) is 0.500. The summed E-state index contributed by atoms with van der Waals surface area (Å²) in [5.74, 6) is 1.68. The minimum Gasteiger partial charge on any atom is -0.468 e. The summed E-state index contributed by atoms with van der Waals surface area (Å²) in [6.45, 7) is 4.97. The lowest BCUT2D eigenvalue weighted by Gasteiger charge is -2.23. The first-order valence-electron chi connectivity index (χ1n) is 7.31. The van der Waals surface area contributed by atoms with Crippen molar-refractivity contribution >= 4 is 0 Å². The summed E-state index contributed by atoms with van der Waals surface area (Å²) in [4.78, 5) is 2.17. The van der Waals surface area contributed by atoms with Crippen LogP contribution in [0.3, 0.4) is 0 Å². The molecular formula is C16H23NO4. The third kappa shape index (κ3) is 5.75. The van der Waals surface area contributed by atoms with Gasteiger partial charge < -0.3 is 18.7 Å². The van der Waals surface area contributed by atoms with Gasteiger partial charge in [-0.3, -0.25) is 4.90 Å². The second kappa shape index (κ2) is 8.67. The van der Waals surface area contributed by atoms with E-state index in [9.17, 15) is 5.11 Å². The minimum atomic E-state index is -0.526. The Hall–Kier alpha value is -1.56. The van der Waals surface area contributed by atoms with Crippen LogP contribution < -0.4 is 0 Å². The highest BCUT2D eigenvalue weighted by molar-refractivity contribution is 4.98. The maximum absolute atomic E-state index is 10.1. The summed E-state index contributed by atoms with van der Waals surface area (Å²) in [5, 5.41) is 10.1. The van der Waals surface area contributed by atoms with Gasteiger partial charge in [-0.1, -0.05) is 6.92 Å². The van der Waals surface area contributed by atoms with Crippen molar-refractivity contribution in [3.8, 4) is 0 Å². The van der Waals surface area contributed by atoms with Crippen LogP contribution in [0.5, 0.6) is 0 Å². The van der Waals surface area contributed by atoms with Gasteiger partial charge in [0, 0.05) is 6.54 Å². The van der Waals surface area contributed by atoms with E-state index in [2.05, 4.69) is 11.8 Å². The first-order chi connectivity index (χ1) is 10.3. The smallest absolute Gasteiger partial charge is 0.129 e. The van der Waals surface area contributed by atoms with Crippen LogP contribution in [-0.2, 0) is 17.9 Å². The number of ether oxygens (including phenoxy) is 1. The molecule has 0 aliphatic heterocycles. The van der Waals surface area contributed by atoms with Crippen molar-refractivity contribution in [3.05, 3.63) is 48.3 Å². The number of aliphatic hydroxyl groups excluding tert-OH is 1. The zero-order valence-electron chi connectivity index (χ0n) is 12.4. The van der Waals surface area contributed by atoms with Crippen molar-refractivity contribution < 1.29 is 18.7 Å². The minimum absolute atomic E-state index is 0.291. The normalized spacial score (nSPS) is 12.9. The number of hydrogen-bond acceptors (Lipinski definition) is 5. The van der Waals surface area contributed by atoms with Crippen LogP contribution >= 0.6 is 0 Å². The van der Waals surface area contributed by atoms with E-state index in [4.69, 9.17) is 13.6 Å². The molecule has 116 valence electrons. The van der Waals surface area contributed by atoms with Gasteiger partial charge in [0.15, 0.2) is 0 Å². The lowest BCUT2D eigenvalue weighted by atomic mass is 10.3. The molecule has 0 unspecified atom stereocenters. The molecule has 0 radical (unpaired) electrons. The van der Waals surface area contributed by atoms with Crippen LogP contribution in [0, 0.1) is 0 Å². The Morgan fingerprint density at radius 3 is 2.52 bits per heavy atom. The van der Waals surface area contributed by atoms with E-state index >= 15 is 0 Å². The van der Waals surface area contributed by atoms with Crippen LogP contribution in [0.4, 0.5) is 0 Å². The van der Waals surface area contributed by atoms with E-state index in [-0.39, 0.29) is 0 Å². The number of aliphatic hydroxyl groups is 1. The van der Waals surface area contributed by atoms with Crippen molar-refractivity contribution in [1.82, 2.24) is 4.90 Å². The molecule has 0 aromatic carbocycles. The van der Waals surface area contributed by atoms with Crippen molar-refractivity contribution in [1.29, 1.82) is 0 Å². The van der Waals surface area contributed by atoms with Crippen LogP contribution in [0.2, 0.25) is 0 Å². The van der Waals surface area contributed by atoms with E-state index in [1.807, 2.05) is 24.3 Å². The Morgan fingerprint density at radius 1 is 1.19 bits per heavy atom. The molecule has 0 saturated carbocycles. The van der Waals surface area contributed by atoms with Crippen molar-refractivity contribution in [3.63, 3.8) is 0 Å². The largest absolute Gasteiger partial charge is 0.468 e. The molecule has 2 aromatic rings. The molecular weight excluding hydrogens is 270 g/mol. The SMILES string of the molecule is CCCN(Cc1ccco1)C[C@H](O)COCc1ccco1. The van der Waals surface area contributed by atoms with Gasteiger partial charge in [-0.2, -0.15) is 0 Å². The Morgan fingerprint density at radius 2 is 1.90 bits per heavy atom. The quantitative estimate of drug-likeness (QED) is 0.730. The lowest BCUT2D eigenvalue weighted by molar-refractivity contribution is 0.00303. The lowest BCUT2D eigenvalue weighted by Crippen LogP contribution is -2.35. The number of furan rings is 2. The fourth-order valence-electron chi connectivity index (χ4n) is 2.22. The number of nitrogens with zero attached hydrogens (tertiary/aromatic N) is 1. The molecule has 0 aliphatic carbocycles. The molecule has 0 bridgehead atoms. The van der Waals surface area contributed by atoms with Crippen molar-refractivity contribution in [2.24, 2.45) is 0 Å².